The van der Waals surface area contributed by atoms with Gasteiger partial charge in [-0.05, 0) is 30.4 Å². The zero-order valence-corrected chi connectivity index (χ0v) is 11.4. The Morgan fingerprint density at radius 3 is 2.67 bits per heavy atom. The number of fused-ring (bicyclic) bond motifs is 1. The van der Waals surface area contributed by atoms with Gasteiger partial charge >= 0.3 is 0 Å². The molecule has 0 saturated carbocycles. The molecule has 0 aromatic heterocycles. The van der Waals surface area contributed by atoms with Crippen molar-refractivity contribution in [3.63, 3.8) is 0 Å². The van der Waals surface area contributed by atoms with Gasteiger partial charge in [0.25, 0.3) is 0 Å². The van der Waals surface area contributed by atoms with Gasteiger partial charge in [0.15, 0.2) is 9.84 Å². The molecule has 1 aliphatic heterocycles. The Hall–Kier alpha value is -1.35. The molecule has 3 heteroatoms. The Labute approximate surface area is 109 Å². The Balaban J connectivity index is 2.50. The van der Waals surface area contributed by atoms with Crippen molar-refractivity contribution >= 4 is 9.84 Å². The molecule has 0 aliphatic carbocycles. The predicted octanol–water partition coefficient (Wildman–Crippen LogP) is 3.47. The maximum absolute atomic E-state index is 12.3. The van der Waals surface area contributed by atoms with Gasteiger partial charge in [-0.3, -0.25) is 0 Å². The smallest absolute Gasteiger partial charge is 0.178 e. The molecule has 1 atom stereocenters. The van der Waals surface area contributed by atoms with Crippen LogP contribution in [0.25, 0.3) is 0 Å². The lowest BCUT2D eigenvalue weighted by molar-refractivity contribution is 0.592. The van der Waals surface area contributed by atoms with Crippen molar-refractivity contribution in [2.45, 2.75) is 30.6 Å². The number of hydrogen-bond donors (Lipinski definition) is 0. The molecule has 0 bridgehead atoms. The van der Waals surface area contributed by atoms with Crippen LogP contribution in [0.1, 0.15) is 31.2 Å². The van der Waals surface area contributed by atoms with E-state index in [9.17, 15) is 8.42 Å². The maximum atomic E-state index is 12.3. The van der Waals surface area contributed by atoms with E-state index in [1.54, 1.807) is 12.1 Å². The quantitative estimate of drug-likeness (QED) is 0.717. The topological polar surface area (TPSA) is 34.1 Å². The molecule has 96 valence electrons. The van der Waals surface area contributed by atoms with Crippen LogP contribution >= 0.6 is 0 Å². The lowest BCUT2D eigenvalue weighted by Gasteiger charge is -2.14. The zero-order valence-electron chi connectivity index (χ0n) is 10.5. The van der Waals surface area contributed by atoms with Crippen molar-refractivity contribution in [2.75, 3.05) is 5.75 Å². The van der Waals surface area contributed by atoms with Gasteiger partial charge in [0.05, 0.1) is 10.6 Å². The van der Waals surface area contributed by atoms with Crippen molar-refractivity contribution in [2.24, 2.45) is 0 Å². The largest absolute Gasteiger partial charge is 0.224 e. The summed E-state index contributed by atoms with van der Waals surface area (Å²) in [5.41, 5.74) is 0.934. The Kier molecular flexibility index (Phi) is 4.02. The van der Waals surface area contributed by atoms with Crippen molar-refractivity contribution in [1.82, 2.24) is 0 Å². The first-order chi connectivity index (χ1) is 8.61. The fraction of sp³-hybridized carbons (Fsp3) is 0.333. The van der Waals surface area contributed by atoms with Crippen LogP contribution in [-0.2, 0) is 9.84 Å². The van der Waals surface area contributed by atoms with E-state index in [2.05, 4.69) is 13.0 Å². The van der Waals surface area contributed by atoms with Gasteiger partial charge in [0.2, 0.25) is 0 Å². The summed E-state index contributed by atoms with van der Waals surface area (Å²) in [6, 6.07) is 7.37. The van der Waals surface area contributed by atoms with Crippen LogP contribution in [0.5, 0.6) is 0 Å². The number of allylic oxidation sites excluding steroid dienone is 4. The van der Waals surface area contributed by atoms with Gasteiger partial charge in [0.1, 0.15) is 0 Å². The highest BCUT2D eigenvalue weighted by Crippen LogP contribution is 2.28. The molecule has 1 heterocycles. The fourth-order valence-corrected chi connectivity index (χ4v) is 3.75. The van der Waals surface area contributed by atoms with E-state index >= 15 is 0 Å². The van der Waals surface area contributed by atoms with Crippen LogP contribution in [0.3, 0.4) is 0 Å². The van der Waals surface area contributed by atoms with Gasteiger partial charge in [0, 0.05) is 0 Å². The van der Waals surface area contributed by atoms with E-state index in [1.807, 2.05) is 30.4 Å². The van der Waals surface area contributed by atoms with Gasteiger partial charge in [-0.2, -0.15) is 0 Å². The minimum Gasteiger partial charge on any atom is -0.224 e. The van der Waals surface area contributed by atoms with Crippen molar-refractivity contribution in [3.05, 3.63) is 54.1 Å². The van der Waals surface area contributed by atoms with E-state index in [0.29, 0.717) is 11.3 Å². The predicted molar refractivity (Wildman–Crippen MR) is 74.4 cm³/mol. The lowest BCUT2D eigenvalue weighted by Crippen LogP contribution is -2.10. The maximum Gasteiger partial charge on any atom is 0.178 e. The minimum absolute atomic E-state index is 0.182. The van der Waals surface area contributed by atoms with E-state index in [4.69, 9.17) is 0 Å². The molecule has 0 N–H and O–H groups in total. The summed E-state index contributed by atoms with van der Waals surface area (Å²) >= 11 is 0. The molecule has 1 aromatic rings. The van der Waals surface area contributed by atoms with Crippen molar-refractivity contribution < 1.29 is 8.42 Å². The second-order valence-electron chi connectivity index (χ2n) is 4.64. The van der Waals surface area contributed by atoms with Crippen LogP contribution in [0.2, 0.25) is 0 Å². The summed E-state index contributed by atoms with van der Waals surface area (Å²) in [5.74, 6) is 0.403. The Morgan fingerprint density at radius 2 is 1.83 bits per heavy atom. The number of benzene rings is 1. The lowest BCUT2D eigenvalue weighted by atomic mass is 9.97. The first-order valence-electron chi connectivity index (χ1n) is 6.24. The third kappa shape index (κ3) is 2.91. The average Bonchev–Trinajstić information content (AvgIpc) is 2.38. The number of sulfone groups is 1. The fourth-order valence-electron chi connectivity index (χ4n) is 2.17. The average molecular weight is 262 g/mol. The number of hydrogen-bond acceptors (Lipinski definition) is 2. The molecule has 0 spiro atoms. The zero-order chi connectivity index (χ0) is 13.0. The molecule has 2 rings (SSSR count). The van der Waals surface area contributed by atoms with Crippen LogP contribution < -0.4 is 0 Å². The monoisotopic (exact) mass is 262 g/mol. The molecule has 1 aromatic carbocycles. The first-order valence-corrected chi connectivity index (χ1v) is 7.90. The minimum atomic E-state index is -3.17. The molecule has 0 fully saturated rings. The summed E-state index contributed by atoms with van der Waals surface area (Å²) in [6.45, 7) is 2.07. The summed E-state index contributed by atoms with van der Waals surface area (Å²) in [7, 11) is -3.17. The molecule has 0 radical (unpaired) electrons. The molecule has 18 heavy (non-hydrogen) atoms. The normalized spacial score (nSPS) is 26.6. The molecule has 0 saturated heterocycles. The van der Waals surface area contributed by atoms with Crippen LogP contribution in [0, 0.1) is 0 Å². The Bertz CT molecular complexity index is 568. The van der Waals surface area contributed by atoms with E-state index in [1.165, 1.54) is 0 Å². The second kappa shape index (κ2) is 5.53. The Morgan fingerprint density at radius 1 is 1.11 bits per heavy atom. The van der Waals surface area contributed by atoms with E-state index in [0.717, 1.165) is 12.0 Å². The third-order valence-corrected chi connectivity index (χ3v) is 5.03. The standard InChI is InChI=1S/C15H18O2S/c1-13-9-5-3-2-4-8-12-18(16,17)15-11-7-6-10-14(13)15/h2-7,10-11,13H,8-9,12H2,1H3/b4-2-,5-3-. The van der Waals surface area contributed by atoms with Crippen LogP contribution in [0.4, 0.5) is 0 Å². The molecule has 0 amide bonds. The molecule has 1 unspecified atom stereocenters. The molecular weight excluding hydrogens is 244 g/mol. The molecule has 1 aliphatic rings. The van der Waals surface area contributed by atoms with E-state index < -0.39 is 9.84 Å². The van der Waals surface area contributed by atoms with E-state index in [-0.39, 0.29) is 11.7 Å². The summed E-state index contributed by atoms with van der Waals surface area (Å²) in [4.78, 5) is 0.501. The SMILES string of the molecule is CC1C/C=C\C=C/CCS(=O)(=O)c2ccccc21. The third-order valence-electron chi connectivity index (χ3n) is 3.21. The van der Waals surface area contributed by atoms with Crippen molar-refractivity contribution in [1.29, 1.82) is 0 Å². The number of rotatable bonds is 0. The summed E-state index contributed by atoms with van der Waals surface area (Å²) in [5, 5.41) is 0. The molecular formula is C15H18O2S. The van der Waals surface area contributed by atoms with Gasteiger partial charge in [-0.15, -0.1) is 0 Å². The highest BCUT2D eigenvalue weighted by atomic mass is 32.2. The summed E-state index contributed by atoms with van der Waals surface area (Å²) < 4.78 is 24.6. The van der Waals surface area contributed by atoms with Gasteiger partial charge < -0.3 is 0 Å². The van der Waals surface area contributed by atoms with Crippen molar-refractivity contribution in [3.8, 4) is 0 Å². The van der Waals surface area contributed by atoms with Gasteiger partial charge in [-0.25, -0.2) is 8.42 Å². The highest BCUT2D eigenvalue weighted by Gasteiger charge is 2.20. The van der Waals surface area contributed by atoms with Crippen LogP contribution in [0.15, 0.2) is 53.5 Å². The first kappa shape index (κ1) is 13.1. The highest BCUT2D eigenvalue weighted by molar-refractivity contribution is 7.91. The molecule has 2 nitrogen and oxygen atoms in total. The summed E-state index contributed by atoms with van der Waals surface area (Å²) in [6.07, 6.45) is 9.35. The second-order valence-corrected chi connectivity index (χ2v) is 6.72. The van der Waals surface area contributed by atoms with Crippen LogP contribution in [-0.4, -0.2) is 14.2 Å². The van der Waals surface area contributed by atoms with Gasteiger partial charge in [-0.1, -0.05) is 49.4 Å².